The lowest BCUT2D eigenvalue weighted by atomic mass is 10.1. The third-order valence-electron chi connectivity index (χ3n) is 3.49. The molecule has 20 heavy (non-hydrogen) atoms. The average molecular weight is 296 g/mol. The van der Waals surface area contributed by atoms with Crippen LogP contribution in [0.2, 0.25) is 0 Å². The van der Waals surface area contributed by atoms with Crippen molar-refractivity contribution in [2.24, 2.45) is 0 Å². The van der Waals surface area contributed by atoms with Gasteiger partial charge in [0.25, 0.3) is 0 Å². The number of sulfone groups is 1. The van der Waals surface area contributed by atoms with Gasteiger partial charge in [-0.25, -0.2) is 8.42 Å². The van der Waals surface area contributed by atoms with Gasteiger partial charge in [-0.05, 0) is 31.0 Å². The number of hydrogen-bond acceptors (Lipinski definition) is 4. The van der Waals surface area contributed by atoms with E-state index in [2.05, 4.69) is 29.6 Å². The fraction of sp³-hybridized carbons (Fsp3) is 0.600. The third kappa shape index (κ3) is 6.03. The van der Waals surface area contributed by atoms with Crippen LogP contribution in [0, 0.1) is 0 Å². The Balaban J connectivity index is 1.77. The zero-order chi connectivity index (χ0) is 14.6. The highest BCUT2D eigenvalue weighted by Crippen LogP contribution is 2.19. The van der Waals surface area contributed by atoms with Gasteiger partial charge in [-0.3, -0.25) is 0 Å². The molecule has 1 aliphatic carbocycles. The lowest BCUT2D eigenvalue weighted by molar-refractivity contribution is 0.346. The van der Waals surface area contributed by atoms with Gasteiger partial charge in [-0.2, -0.15) is 0 Å². The highest BCUT2D eigenvalue weighted by atomic mass is 32.2. The minimum absolute atomic E-state index is 0.215. The summed E-state index contributed by atoms with van der Waals surface area (Å²) < 4.78 is 22.3. The quantitative estimate of drug-likeness (QED) is 0.788. The van der Waals surface area contributed by atoms with Crippen molar-refractivity contribution in [2.75, 3.05) is 25.6 Å². The Morgan fingerprint density at radius 1 is 1.20 bits per heavy atom. The molecule has 1 aromatic carbocycles. The molecule has 1 aromatic rings. The molecule has 0 heterocycles. The zero-order valence-electron chi connectivity index (χ0n) is 12.3. The summed E-state index contributed by atoms with van der Waals surface area (Å²) in [6.45, 7) is 2.30. The normalized spacial score (nSPS) is 15.8. The van der Waals surface area contributed by atoms with Crippen LogP contribution in [0.5, 0.6) is 0 Å². The maximum absolute atomic E-state index is 11.1. The van der Waals surface area contributed by atoms with Crippen molar-refractivity contribution in [3.8, 4) is 0 Å². The molecule has 0 spiro atoms. The molecular weight excluding hydrogens is 272 g/mol. The molecule has 0 radical (unpaired) electrons. The molecule has 0 unspecified atom stereocenters. The van der Waals surface area contributed by atoms with Crippen molar-refractivity contribution in [1.82, 2.24) is 10.2 Å². The van der Waals surface area contributed by atoms with Crippen LogP contribution in [0.1, 0.15) is 24.0 Å². The predicted octanol–water partition coefficient (Wildman–Crippen LogP) is 1.41. The Morgan fingerprint density at radius 3 is 2.35 bits per heavy atom. The van der Waals surface area contributed by atoms with Crippen molar-refractivity contribution >= 4 is 9.84 Å². The topological polar surface area (TPSA) is 49.4 Å². The lowest BCUT2D eigenvalue weighted by Crippen LogP contribution is -2.24. The molecular formula is C15H24N2O2S. The molecule has 0 saturated heterocycles. The Bertz CT molecular complexity index is 521. The summed E-state index contributed by atoms with van der Waals surface area (Å²) >= 11 is 0. The van der Waals surface area contributed by atoms with E-state index in [0.717, 1.165) is 19.1 Å². The smallest absolute Gasteiger partial charge is 0.148 e. The first-order valence-electron chi connectivity index (χ1n) is 7.10. The van der Waals surface area contributed by atoms with Crippen LogP contribution in [0.25, 0.3) is 0 Å². The fourth-order valence-electron chi connectivity index (χ4n) is 2.02. The molecule has 1 fully saturated rings. The van der Waals surface area contributed by atoms with E-state index < -0.39 is 9.84 Å². The molecule has 4 nitrogen and oxygen atoms in total. The maximum Gasteiger partial charge on any atom is 0.148 e. The van der Waals surface area contributed by atoms with Crippen LogP contribution < -0.4 is 5.32 Å². The number of rotatable bonds is 8. The first kappa shape index (κ1) is 15.5. The van der Waals surface area contributed by atoms with Crippen LogP contribution >= 0.6 is 0 Å². The SMILES string of the molecule is CN(CCS(C)(=O)=O)Cc1ccc(CNC2CC2)cc1. The van der Waals surface area contributed by atoms with Crippen LogP contribution in [0.15, 0.2) is 24.3 Å². The summed E-state index contributed by atoms with van der Waals surface area (Å²) in [7, 11) is -0.926. The molecule has 1 saturated carbocycles. The molecule has 0 atom stereocenters. The molecule has 5 heteroatoms. The van der Waals surface area contributed by atoms with Crippen molar-refractivity contribution < 1.29 is 8.42 Å². The number of hydrogen-bond donors (Lipinski definition) is 1. The first-order valence-corrected chi connectivity index (χ1v) is 9.16. The standard InChI is InChI=1S/C15H24N2O2S/c1-17(9-10-20(2,18)19)12-14-5-3-13(4-6-14)11-16-15-7-8-15/h3-6,15-16H,7-12H2,1-2H3. The van der Waals surface area contributed by atoms with Crippen LogP contribution in [-0.2, 0) is 22.9 Å². The van der Waals surface area contributed by atoms with Gasteiger partial charge in [0.05, 0.1) is 5.75 Å². The largest absolute Gasteiger partial charge is 0.310 e. The highest BCUT2D eigenvalue weighted by molar-refractivity contribution is 7.90. The van der Waals surface area contributed by atoms with Gasteiger partial charge in [-0.1, -0.05) is 24.3 Å². The average Bonchev–Trinajstić information content (AvgIpc) is 3.19. The summed E-state index contributed by atoms with van der Waals surface area (Å²) in [5.41, 5.74) is 2.52. The van der Waals surface area contributed by atoms with Crippen molar-refractivity contribution in [2.45, 2.75) is 32.0 Å². The van der Waals surface area contributed by atoms with Gasteiger partial charge in [0.1, 0.15) is 9.84 Å². The van der Waals surface area contributed by atoms with Gasteiger partial charge >= 0.3 is 0 Å². The van der Waals surface area contributed by atoms with Gasteiger partial charge in [0.2, 0.25) is 0 Å². The van der Waals surface area contributed by atoms with E-state index in [1.165, 1.54) is 30.2 Å². The Labute approximate surface area is 122 Å². The molecule has 1 aliphatic rings. The van der Waals surface area contributed by atoms with E-state index in [-0.39, 0.29) is 5.75 Å². The fourth-order valence-corrected chi connectivity index (χ4v) is 2.67. The maximum atomic E-state index is 11.1. The van der Waals surface area contributed by atoms with E-state index in [9.17, 15) is 8.42 Å². The van der Waals surface area contributed by atoms with E-state index in [1.54, 1.807) is 0 Å². The Kier molecular flexibility index (Phi) is 5.18. The van der Waals surface area contributed by atoms with Gasteiger partial charge in [-0.15, -0.1) is 0 Å². The minimum atomic E-state index is -2.88. The van der Waals surface area contributed by atoms with Crippen molar-refractivity contribution in [3.63, 3.8) is 0 Å². The lowest BCUT2D eigenvalue weighted by Gasteiger charge is -2.16. The summed E-state index contributed by atoms with van der Waals surface area (Å²) in [5.74, 6) is 0.215. The second-order valence-electron chi connectivity index (χ2n) is 5.84. The first-order chi connectivity index (χ1) is 9.42. The molecule has 0 aromatic heterocycles. The second-order valence-corrected chi connectivity index (χ2v) is 8.10. The number of nitrogens with zero attached hydrogens (tertiary/aromatic N) is 1. The summed E-state index contributed by atoms with van der Waals surface area (Å²) in [6, 6.07) is 9.28. The molecule has 0 bridgehead atoms. The third-order valence-corrected chi connectivity index (χ3v) is 4.42. The van der Waals surface area contributed by atoms with Crippen LogP contribution in [0.3, 0.4) is 0 Å². The molecule has 112 valence electrons. The highest BCUT2D eigenvalue weighted by Gasteiger charge is 2.19. The molecule has 2 rings (SSSR count). The molecule has 0 amide bonds. The number of benzene rings is 1. The van der Waals surface area contributed by atoms with E-state index in [0.29, 0.717) is 6.54 Å². The van der Waals surface area contributed by atoms with E-state index in [1.807, 2.05) is 11.9 Å². The Hall–Kier alpha value is -0.910. The second kappa shape index (κ2) is 6.70. The van der Waals surface area contributed by atoms with Crippen LogP contribution in [-0.4, -0.2) is 45.0 Å². The molecule has 0 aliphatic heterocycles. The summed E-state index contributed by atoms with van der Waals surface area (Å²) in [6.07, 6.45) is 3.90. The van der Waals surface area contributed by atoms with Crippen molar-refractivity contribution in [3.05, 3.63) is 35.4 Å². The summed E-state index contributed by atoms with van der Waals surface area (Å²) in [5, 5.41) is 3.49. The summed E-state index contributed by atoms with van der Waals surface area (Å²) in [4.78, 5) is 2.04. The van der Waals surface area contributed by atoms with E-state index in [4.69, 9.17) is 0 Å². The van der Waals surface area contributed by atoms with Gasteiger partial charge < -0.3 is 10.2 Å². The van der Waals surface area contributed by atoms with E-state index >= 15 is 0 Å². The van der Waals surface area contributed by atoms with Crippen LogP contribution in [0.4, 0.5) is 0 Å². The minimum Gasteiger partial charge on any atom is -0.310 e. The zero-order valence-corrected chi connectivity index (χ0v) is 13.1. The van der Waals surface area contributed by atoms with Gasteiger partial charge in [0.15, 0.2) is 0 Å². The monoisotopic (exact) mass is 296 g/mol. The van der Waals surface area contributed by atoms with Crippen molar-refractivity contribution in [1.29, 1.82) is 0 Å². The molecule has 1 N–H and O–H groups in total. The Morgan fingerprint density at radius 2 is 1.80 bits per heavy atom. The van der Waals surface area contributed by atoms with Gasteiger partial charge in [0, 0.05) is 31.9 Å². The number of nitrogens with one attached hydrogen (secondary N) is 1. The predicted molar refractivity (Wildman–Crippen MR) is 82.3 cm³/mol.